The van der Waals surface area contributed by atoms with Crippen LogP contribution in [-0.2, 0) is 54.0 Å². The molecule has 0 bridgehead atoms. The van der Waals surface area contributed by atoms with Crippen LogP contribution in [0.5, 0.6) is 0 Å². The van der Waals surface area contributed by atoms with Gasteiger partial charge in [-0.1, -0.05) is 87.4 Å². The maximum atomic E-state index is 11.7. The van der Waals surface area contributed by atoms with Crippen LogP contribution in [0, 0.1) is 13.8 Å². The zero-order valence-electron chi connectivity index (χ0n) is 32.0. The first-order valence-electron chi connectivity index (χ1n) is 17.2. The van der Waals surface area contributed by atoms with E-state index in [9.17, 15) is 9.59 Å². The molecule has 0 amide bonds. The van der Waals surface area contributed by atoms with Gasteiger partial charge in [0.1, 0.15) is 13.2 Å². The fourth-order valence-corrected chi connectivity index (χ4v) is 3.97. The Bertz CT molecular complexity index is 1380. The predicted molar refractivity (Wildman–Crippen MR) is 215 cm³/mol. The minimum atomic E-state index is -0.407. The molecule has 0 aliphatic rings. The molecule has 0 saturated heterocycles. The predicted octanol–water partition coefficient (Wildman–Crippen LogP) is 10.5. The Labute approximate surface area is 358 Å². The van der Waals surface area contributed by atoms with Crippen molar-refractivity contribution in [2.45, 2.75) is 53.4 Å². The second-order valence-corrected chi connectivity index (χ2v) is 17.1. The molecule has 4 aromatic rings. The molecule has 2 aromatic heterocycles. The van der Waals surface area contributed by atoms with E-state index in [2.05, 4.69) is 100 Å². The van der Waals surface area contributed by atoms with Crippen molar-refractivity contribution < 1.29 is 63.6 Å². The standard InChI is InChI=1S/C20H24N2O7.2C10H14.4ClH.2Ru/c23-19(17-1-5-21-6-2-17)28-15-13-26-11-9-25-10-12-27-14-16-29-20(24)18-3-7-22-8-4-18;2*1-8(2)10-6-4-9(3)5-7-10;;;;;;/h1-8H,9-16H2;2*4-8H,1-3H3;4*1H;;/q;;;;;;;2*+2/p-4. The Morgan fingerprint density at radius 3 is 1.00 bits per heavy atom. The van der Waals surface area contributed by atoms with Gasteiger partial charge in [0.25, 0.3) is 0 Å². The number of carbonyl (C=O) groups is 2. The van der Waals surface area contributed by atoms with E-state index in [4.69, 9.17) is 62.4 Å². The molecule has 0 atom stereocenters. The number of esters is 2. The van der Waals surface area contributed by atoms with Crippen molar-refractivity contribution in [3.63, 3.8) is 0 Å². The number of ether oxygens (including phenoxy) is 5. The third-order valence-corrected chi connectivity index (χ3v) is 6.99. The second kappa shape index (κ2) is 36.3. The number of aromatic nitrogens is 2. The van der Waals surface area contributed by atoms with Gasteiger partial charge >= 0.3 is 81.0 Å². The zero-order valence-corrected chi connectivity index (χ0v) is 38.5. The molecule has 0 N–H and O–H groups in total. The Balaban J connectivity index is 0.000000905. The van der Waals surface area contributed by atoms with Gasteiger partial charge in [0.2, 0.25) is 0 Å². The molecule has 0 aliphatic carbocycles. The van der Waals surface area contributed by atoms with Crippen LogP contribution in [0.3, 0.4) is 0 Å². The molecule has 2 aromatic carbocycles. The second-order valence-electron chi connectivity index (χ2n) is 11.8. The molecule has 0 radical (unpaired) electrons. The van der Waals surface area contributed by atoms with E-state index in [-0.39, 0.29) is 43.5 Å². The van der Waals surface area contributed by atoms with E-state index in [1.54, 1.807) is 24.3 Å². The van der Waals surface area contributed by atoms with Crippen molar-refractivity contribution in [3.8, 4) is 0 Å². The third kappa shape index (κ3) is 29.8. The Kier molecular flexibility index (Phi) is 35.0. The van der Waals surface area contributed by atoms with E-state index in [1.165, 1.54) is 47.0 Å². The van der Waals surface area contributed by atoms with Gasteiger partial charge in [0.15, 0.2) is 0 Å². The summed E-state index contributed by atoms with van der Waals surface area (Å²) in [6, 6.07) is 23.8. The van der Waals surface area contributed by atoms with Crippen LogP contribution in [0.25, 0.3) is 0 Å². The number of halogens is 4. The fourth-order valence-electron chi connectivity index (χ4n) is 3.97. The molecule has 0 fully saturated rings. The molecule has 2 heterocycles. The molecule has 55 heavy (non-hydrogen) atoms. The Morgan fingerprint density at radius 1 is 0.491 bits per heavy atom. The van der Waals surface area contributed by atoms with Crippen LogP contribution in [0.1, 0.15) is 82.5 Å². The molecule has 4 rings (SSSR count). The number of rotatable bonds is 16. The average Bonchev–Trinajstić information content (AvgIpc) is 3.18. The van der Waals surface area contributed by atoms with E-state index < -0.39 is 11.9 Å². The van der Waals surface area contributed by atoms with Crippen LogP contribution in [0.15, 0.2) is 97.6 Å². The van der Waals surface area contributed by atoms with E-state index >= 15 is 0 Å². The molecule has 0 unspecified atom stereocenters. The molecular weight excluding hydrogens is 964 g/mol. The van der Waals surface area contributed by atoms with Crippen LogP contribution < -0.4 is 0 Å². The number of pyridine rings is 2. The number of carbonyl (C=O) groups excluding carboxylic acids is 2. The molecule has 0 spiro atoms. The Morgan fingerprint density at radius 2 is 0.745 bits per heavy atom. The van der Waals surface area contributed by atoms with Crippen molar-refractivity contribution in [2.75, 3.05) is 52.9 Å². The van der Waals surface area contributed by atoms with Gasteiger partial charge < -0.3 is 23.7 Å². The monoisotopic (exact) mass is 1020 g/mol. The summed E-state index contributed by atoms with van der Waals surface area (Å²) in [5.74, 6) is 0.493. The molecule has 15 heteroatoms. The summed E-state index contributed by atoms with van der Waals surface area (Å²) in [6.45, 7) is 15.6. The van der Waals surface area contributed by atoms with Gasteiger partial charge in [-0.2, -0.15) is 0 Å². The van der Waals surface area contributed by atoms with Crippen LogP contribution >= 0.6 is 38.8 Å². The third-order valence-electron chi connectivity index (χ3n) is 6.99. The van der Waals surface area contributed by atoms with Crippen molar-refractivity contribution in [3.05, 3.63) is 131 Å². The van der Waals surface area contributed by atoms with Gasteiger partial charge in [-0.25, -0.2) is 9.59 Å². The fraction of sp³-hybridized carbons (Fsp3) is 0.400. The van der Waals surface area contributed by atoms with Crippen molar-refractivity contribution >= 4 is 50.7 Å². The summed E-state index contributed by atoms with van der Waals surface area (Å²) < 4.78 is 26.1. The SMILES string of the molecule is Cc1ccc(C(C)C)cc1.Cc1ccc(C(C)C)cc1.O=C(OCCOCCOCCOCCOC(=O)c1ccncc1)c1ccncc1.[Cl][Ru][Cl].[Cl][Ru][Cl]. The quantitative estimate of drug-likeness (QED) is 0.0616. The van der Waals surface area contributed by atoms with Crippen molar-refractivity contribution in [1.82, 2.24) is 9.97 Å². The number of hydrogen-bond acceptors (Lipinski definition) is 9. The van der Waals surface area contributed by atoms with Gasteiger partial charge in [0.05, 0.1) is 50.8 Å². The number of aryl methyl sites for hydroxylation is 2. The van der Waals surface area contributed by atoms with E-state index in [0.717, 1.165) is 0 Å². The van der Waals surface area contributed by atoms with Crippen molar-refractivity contribution in [2.24, 2.45) is 0 Å². The van der Waals surface area contributed by atoms with E-state index in [1.807, 2.05) is 0 Å². The molecular formula is C40H52Cl4N2O7Ru2. The summed E-state index contributed by atoms with van der Waals surface area (Å²) in [4.78, 5) is 31.0. The normalized spacial score (nSPS) is 10.1. The summed E-state index contributed by atoms with van der Waals surface area (Å²) in [5, 5.41) is 0. The van der Waals surface area contributed by atoms with Crippen molar-refractivity contribution in [1.29, 1.82) is 0 Å². The first kappa shape index (κ1) is 53.0. The number of hydrogen-bond donors (Lipinski definition) is 0. The first-order chi connectivity index (χ1) is 26.5. The van der Waals surface area contributed by atoms with Crippen LogP contribution in [0.4, 0.5) is 0 Å². The molecule has 0 aliphatic heterocycles. The minimum absolute atomic E-state index is 0.169. The molecule has 308 valence electrons. The average molecular weight is 1020 g/mol. The summed E-state index contributed by atoms with van der Waals surface area (Å²) in [6.07, 6.45) is 6.12. The van der Waals surface area contributed by atoms with Gasteiger partial charge in [-0.15, -0.1) is 0 Å². The number of nitrogens with zero attached hydrogens (tertiary/aromatic N) is 2. The topological polar surface area (TPSA) is 106 Å². The van der Waals surface area contributed by atoms with Gasteiger partial charge in [0, 0.05) is 24.8 Å². The molecule has 0 saturated carbocycles. The zero-order chi connectivity index (χ0) is 41.1. The van der Waals surface area contributed by atoms with Crippen LogP contribution in [-0.4, -0.2) is 74.8 Å². The summed E-state index contributed by atoms with van der Waals surface area (Å²) in [7, 11) is 19.4. The maximum absolute atomic E-state index is 11.7. The number of benzene rings is 2. The summed E-state index contributed by atoms with van der Waals surface area (Å²) in [5.41, 5.74) is 6.43. The first-order valence-corrected chi connectivity index (χ1v) is 26.2. The van der Waals surface area contributed by atoms with Crippen LogP contribution in [0.2, 0.25) is 0 Å². The van der Waals surface area contributed by atoms with E-state index in [0.29, 0.717) is 62.6 Å². The van der Waals surface area contributed by atoms with Gasteiger partial charge in [-0.3, -0.25) is 9.97 Å². The Hall–Kier alpha value is -2.03. The van der Waals surface area contributed by atoms with Gasteiger partial charge in [-0.05, 0) is 61.1 Å². The molecule has 9 nitrogen and oxygen atoms in total. The summed E-state index contributed by atoms with van der Waals surface area (Å²) >= 11 is -0.691.